The van der Waals surface area contributed by atoms with Crippen molar-refractivity contribution < 1.29 is 8.42 Å². The first-order valence-electron chi connectivity index (χ1n) is 11.4. The number of aromatic nitrogens is 2. The van der Waals surface area contributed by atoms with Gasteiger partial charge in [0.15, 0.2) is 0 Å². The maximum Gasteiger partial charge on any atom is 0.243 e. The van der Waals surface area contributed by atoms with Gasteiger partial charge < -0.3 is 9.88 Å². The Labute approximate surface area is 217 Å². The number of benzene rings is 3. The van der Waals surface area contributed by atoms with Gasteiger partial charge in [-0.05, 0) is 47.9 Å². The van der Waals surface area contributed by atoms with Crippen molar-refractivity contribution in [3.05, 3.63) is 114 Å². The van der Waals surface area contributed by atoms with Gasteiger partial charge in [0, 0.05) is 31.0 Å². The molecule has 0 spiro atoms. The van der Waals surface area contributed by atoms with Crippen molar-refractivity contribution in [2.45, 2.75) is 30.4 Å². The smallest absolute Gasteiger partial charge is 0.243 e. The van der Waals surface area contributed by atoms with Gasteiger partial charge in [-0.25, -0.2) is 13.4 Å². The van der Waals surface area contributed by atoms with E-state index in [9.17, 15) is 13.7 Å². The number of fused-ring (bicyclic) bond motifs is 1. The first kappa shape index (κ1) is 25.5. The molecule has 1 aliphatic rings. The Morgan fingerprint density at radius 2 is 1.78 bits per heavy atom. The third kappa shape index (κ3) is 5.29. The van der Waals surface area contributed by atoms with Crippen LogP contribution in [0.3, 0.4) is 0 Å². The van der Waals surface area contributed by atoms with Crippen molar-refractivity contribution in [3.63, 3.8) is 0 Å². The van der Waals surface area contributed by atoms with Gasteiger partial charge in [0.25, 0.3) is 0 Å². The van der Waals surface area contributed by atoms with Gasteiger partial charge in [-0.3, -0.25) is 0 Å². The average Bonchev–Trinajstić information content (AvgIpc) is 3.41. The highest BCUT2D eigenvalue weighted by Crippen LogP contribution is 2.33. The van der Waals surface area contributed by atoms with Gasteiger partial charge in [-0.2, -0.15) is 9.57 Å². The maximum absolute atomic E-state index is 13.9. The van der Waals surface area contributed by atoms with Crippen LogP contribution < -0.4 is 4.90 Å². The number of nitrogens with zero attached hydrogens (tertiary/aromatic N) is 4. The molecule has 9 heteroatoms. The molecule has 36 heavy (non-hydrogen) atoms. The second kappa shape index (κ2) is 11.0. The van der Waals surface area contributed by atoms with Gasteiger partial charge >= 0.3 is 0 Å². The lowest BCUT2D eigenvalue weighted by Gasteiger charge is -2.40. The quantitative estimate of drug-likeness (QED) is 0.387. The molecule has 1 aromatic heterocycles. The van der Waals surface area contributed by atoms with E-state index < -0.39 is 10.0 Å². The van der Waals surface area contributed by atoms with E-state index >= 15 is 0 Å². The Bertz CT molecular complexity index is 1440. The van der Waals surface area contributed by atoms with Crippen LogP contribution in [0, 0.1) is 11.3 Å². The molecule has 0 saturated carbocycles. The van der Waals surface area contributed by atoms with Gasteiger partial charge in [0.1, 0.15) is 0 Å². The van der Waals surface area contributed by atoms with Crippen molar-refractivity contribution in [2.24, 2.45) is 0 Å². The van der Waals surface area contributed by atoms with Crippen LogP contribution in [-0.2, 0) is 29.5 Å². The third-order valence-corrected chi connectivity index (χ3v) is 8.19. The Morgan fingerprint density at radius 1 is 1.06 bits per heavy atom. The molecule has 0 radical (unpaired) electrons. The Balaban J connectivity index is 0.00000304. The van der Waals surface area contributed by atoms with Crippen LogP contribution in [0.4, 0.5) is 5.69 Å². The molecule has 1 N–H and O–H groups in total. The van der Waals surface area contributed by atoms with Crippen LogP contribution in [0.2, 0.25) is 0 Å². The van der Waals surface area contributed by atoms with E-state index in [-0.39, 0.29) is 29.9 Å². The minimum absolute atomic E-state index is 0. The molecule has 0 fully saturated rings. The van der Waals surface area contributed by atoms with Gasteiger partial charge in [-0.15, -0.1) is 12.4 Å². The zero-order valence-electron chi connectivity index (χ0n) is 19.5. The first-order chi connectivity index (χ1) is 17.0. The van der Waals surface area contributed by atoms with E-state index in [0.717, 1.165) is 22.5 Å². The van der Waals surface area contributed by atoms with E-state index in [2.05, 4.69) is 20.9 Å². The van der Waals surface area contributed by atoms with E-state index in [4.69, 9.17) is 0 Å². The summed E-state index contributed by atoms with van der Waals surface area (Å²) >= 11 is 0. The molecule has 0 saturated heterocycles. The van der Waals surface area contributed by atoms with Crippen LogP contribution in [0.1, 0.15) is 22.4 Å². The Hall–Kier alpha value is -3.64. The average molecular weight is 520 g/mol. The van der Waals surface area contributed by atoms with Crippen molar-refractivity contribution in [1.29, 1.82) is 5.26 Å². The fourth-order valence-electron chi connectivity index (χ4n) is 4.62. The molecule has 1 unspecified atom stereocenters. The zero-order chi connectivity index (χ0) is 24.3. The summed E-state index contributed by atoms with van der Waals surface area (Å²) in [5.74, 6) is 0. The molecular formula is C27H26ClN5O2S. The molecule has 0 aliphatic carbocycles. The number of imidazole rings is 1. The number of rotatable bonds is 7. The number of anilines is 1. The second-order valence-corrected chi connectivity index (χ2v) is 10.5. The predicted molar refractivity (Wildman–Crippen MR) is 141 cm³/mol. The molecule has 0 bridgehead atoms. The highest BCUT2D eigenvalue weighted by molar-refractivity contribution is 7.89. The van der Waals surface area contributed by atoms with Gasteiger partial charge in [0.05, 0.1) is 35.1 Å². The standard InChI is InChI=1S/C27H25N5O2S.ClH/c28-15-22-11-12-27-23(13-22)14-25(19-31(27)18-24-16-29-20-30-24)32(17-21-7-3-1-4-8-21)35(33,34)26-9-5-2-6-10-26;/h1-13,16,20,25H,14,17-19H2,(H,29,30);1H. The van der Waals surface area contributed by atoms with Crippen LogP contribution in [0.25, 0.3) is 0 Å². The SMILES string of the molecule is Cl.N#Cc1ccc2c(c1)CC(N(Cc1ccccc1)S(=O)(=O)c1ccccc1)CN2Cc1c[nH]cn1. The second-order valence-electron chi connectivity index (χ2n) is 8.60. The number of halogens is 1. The summed E-state index contributed by atoms with van der Waals surface area (Å²) in [7, 11) is -3.78. The van der Waals surface area contributed by atoms with Gasteiger partial charge in [0.2, 0.25) is 10.0 Å². The van der Waals surface area contributed by atoms with Crippen LogP contribution in [0.5, 0.6) is 0 Å². The van der Waals surface area contributed by atoms with Gasteiger partial charge in [-0.1, -0.05) is 48.5 Å². The monoisotopic (exact) mass is 519 g/mol. The van der Waals surface area contributed by atoms with Crippen molar-refractivity contribution in [2.75, 3.05) is 11.4 Å². The van der Waals surface area contributed by atoms with E-state index in [1.165, 1.54) is 0 Å². The highest BCUT2D eigenvalue weighted by Gasteiger charge is 2.36. The Morgan fingerprint density at radius 3 is 2.44 bits per heavy atom. The van der Waals surface area contributed by atoms with E-state index in [1.807, 2.05) is 54.7 Å². The van der Waals surface area contributed by atoms with Crippen LogP contribution in [0.15, 0.2) is 96.3 Å². The first-order valence-corrected chi connectivity index (χ1v) is 12.8. The van der Waals surface area contributed by atoms with E-state index in [0.29, 0.717) is 25.1 Å². The number of nitriles is 1. The summed E-state index contributed by atoms with van der Waals surface area (Å²) in [6, 6.07) is 25.7. The molecule has 0 amide bonds. The van der Waals surface area contributed by atoms with Crippen molar-refractivity contribution in [1.82, 2.24) is 14.3 Å². The topological polar surface area (TPSA) is 93.1 Å². The number of H-pyrrole nitrogens is 1. The molecule has 184 valence electrons. The molecule has 1 atom stereocenters. The summed E-state index contributed by atoms with van der Waals surface area (Å²) in [5.41, 5.74) is 4.30. The number of nitrogens with one attached hydrogen (secondary N) is 1. The van der Waals surface area contributed by atoms with E-state index in [1.54, 1.807) is 41.0 Å². The number of sulfonamides is 1. The van der Waals surface area contributed by atoms with Crippen LogP contribution in [-0.4, -0.2) is 35.3 Å². The highest BCUT2D eigenvalue weighted by atomic mass is 35.5. The van der Waals surface area contributed by atoms with Crippen LogP contribution >= 0.6 is 12.4 Å². The molecule has 7 nitrogen and oxygen atoms in total. The summed E-state index contributed by atoms with van der Waals surface area (Å²) in [6.07, 6.45) is 3.99. The number of hydrogen-bond acceptors (Lipinski definition) is 5. The predicted octanol–water partition coefficient (Wildman–Crippen LogP) is 4.53. The minimum Gasteiger partial charge on any atom is -0.364 e. The summed E-state index contributed by atoms with van der Waals surface area (Å²) in [6.45, 7) is 1.29. The summed E-state index contributed by atoms with van der Waals surface area (Å²) in [5, 5.41) is 9.48. The van der Waals surface area contributed by atoms with Crippen molar-refractivity contribution >= 4 is 28.1 Å². The minimum atomic E-state index is -3.78. The summed E-state index contributed by atoms with van der Waals surface area (Å²) in [4.78, 5) is 9.78. The molecule has 5 rings (SSSR count). The molecule has 1 aliphatic heterocycles. The number of hydrogen-bond donors (Lipinski definition) is 1. The Kier molecular flexibility index (Phi) is 7.75. The molecule has 2 heterocycles. The lowest BCUT2D eigenvalue weighted by Crippen LogP contribution is -2.50. The molecule has 3 aromatic carbocycles. The lowest BCUT2D eigenvalue weighted by atomic mass is 9.95. The maximum atomic E-state index is 13.9. The lowest BCUT2D eigenvalue weighted by molar-refractivity contribution is 0.302. The number of aromatic amines is 1. The van der Waals surface area contributed by atoms with Crippen molar-refractivity contribution in [3.8, 4) is 6.07 Å². The molecule has 4 aromatic rings. The molecular weight excluding hydrogens is 494 g/mol. The largest absolute Gasteiger partial charge is 0.364 e. The fraction of sp³-hybridized carbons (Fsp3) is 0.185. The summed E-state index contributed by atoms with van der Waals surface area (Å²) < 4.78 is 29.5. The third-order valence-electron chi connectivity index (χ3n) is 6.28. The fourth-order valence-corrected chi connectivity index (χ4v) is 6.24. The zero-order valence-corrected chi connectivity index (χ0v) is 21.1. The normalized spacial score (nSPS) is 15.1.